The van der Waals surface area contributed by atoms with Gasteiger partial charge in [0.1, 0.15) is 6.10 Å². The van der Waals surface area contributed by atoms with Crippen LogP contribution in [0.1, 0.15) is 78.6 Å². The molecule has 4 fully saturated rings. The van der Waals surface area contributed by atoms with Crippen LogP contribution in [-0.4, -0.2) is 23.3 Å². The van der Waals surface area contributed by atoms with Crippen LogP contribution in [-0.2, 0) is 9.53 Å². The zero-order chi connectivity index (χ0) is 17.1. The number of hydrogen-bond acceptors (Lipinski definition) is 3. The molecule has 0 aromatic rings. The molecule has 4 aliphatic carbocycles. The molecule has 0 bridgehead atoms. The Bertz CT molecular complexity index is 517. The van der Waals surface area contributed by atoms with Crippen molar-refractivity contribution in [1.29, 1.82) is 0 Å². The van der Waals surface area contributed by atoms with Crippen LogP contribution in [0.4, 0.5) is 0 Å². The summed E-state index contributed by atoms with van der Waals surface area (Å²) in [6.45, 7) is 6.49. The lowest BCUT2D eigenvalue weighted by Gasteiger charge is -2.61. The summed E-state index contributed by atoms with van der Waals surface area (Å²) in [5.74, 6) is 2.27. The van der Waals surface area contributed by atoms with Crippen LogP contribution in [0.15, 0.2) is 0 Å². The van der Waals surface area contributed by atoms with Gasteiger partial charge in [-0.05, 0) is 85.9 Å². The van der Waals surface area contributed by atoms with Gasteiger partial charge in [0, 0.05) is 6.92 Å². The van der Waals surface area contributed by atoms with Crippen molar-refractivity contribution < 1.29 is 14.6 Å². The number of esters is 1. The summed E-state index contributed by atoms with van der Waals surface area (Å²) in [6.07, 6.45) is 10.7. The van der Waals surface area contributed by atoms with E-state index < -0.39 is 0 Å². The summed E-state index contributed by atoms with van der Waals surface area (Å²) in [6, 6.07) is 0. The fourth-order valence-corrected chi connectivity index (χ4v) is 7.52. The van der Waals surface area contributed by atoms with Crippen molar-refractivity contribution in [3.8, 4) is 0 Å². The zero-order valence-electron chi connectivity index (χ0n) is 15.6. The highest BCUT2D eigenvalue weighted by molar-refractivity contribution is 5.66. The maximum Gasteiger partial charge on any atom is 0.302 e. The molecule has 0 amide bonds. The van der Waals surface area contributed by atoms with E-state index in [0.717, 1.165) is 31.6 Å². The van der Waals surface area contributed by atoms with E-state index in [1.54, 1.807) is 0 Å². The van der Waals surface area contributed by atoms with Crippen LogP contribution in [0.25, 0.3) is 0 Å². The van der Waals surface area contributed by atoms with Gasteiger partial charge in [0.15, 0.2) is 0 Å². The van der Waals surface area contributed by atoms with E-state index in [4.69, 9.17) is 4.74 Å². The van der Waals surface area contributed by atoms with Crippen LogP contribution in [0.5, 0.6) is 0 Å². The van der Waals surface area contributed by atoms with Crippen LogP contribution in [0, 0.1) is 34.5 Å². The van der Waals surface area contributed by atoms with Crippen LogP contribution in [0.3, 0.4) is 0 Å². The summed E-state index contributed by atoms with van der Waals surface area (Å²) in [5, 5.41) is 11.1. The Morgan fingerprint density at radius 1 is 1.04 bits per heavy atom. The molecule has 4 rings (SSSR count). The maximum atomic E-state index is 11.3. The number of carbonyl (C=O) groups is 1. The van der Waals surface area contributed by atoms with Gasteiger partial charge in [0.2, 0.25) is 0 Å². The lowest BCUT2D eigenvalue weighted by molar-refractivity contribution is -0.178. The highest BCUT2D eigenvalue weighted by Crippen LogP contribution is 2.66. The van der Waals surface area contributed by atoms with Gasteiger partial charge >= 0.3 is 5.97 Å². The molecule has 8 atom stereocenters. The van der Waals surface area contributed by atoms with Gasteiger partial charge in [-0.1, -0.05) is 20.3 Å². The Balaban J connectivity index is 1.58. The molecule has 0 aromatic carbocycles. The minimum Gasteiger partial charge on any atom is -0.463 e. The Morgan fingerprint density at radius 3 is 2.58 bits per heavy atom. The van der Waals surface area contributed by atoms with Crippen LogP contribution in [0.2, 0.25) is 0 Å². The molecule has 0 spiro atoms. The van der Waals surface area contributed by atoms with E-state index in [1.165, 1.54) is 39.0 Å². The lowest BCUT2D eigenvalue weighted by Crippen LogP contribution is -2.58. The average molecular weight is 335 g/mol. The fourth-order valence-electron chi connectivity index (χ4n) is 7.52. The minimum absolute atomic E-state index is 0.0738. The van der Waals surface area contributed by atoms with Gasteiger partial charge in [-0.25, -0.2) is 0 Å². The van der Waals surface area contributed by atoms with Gasteiger partial charge in [-0.15, -0.1) is 0 Å². The summed E-state index contributed by atoms with van der Waals surface area (Å²) >= 11 is 0. The Labute approximate surface area is 146 Å². The minimum atomic E-state index is -0.155. The molecular formula is C21H34O3. The lowest BCUT2D eigenvalue weighted by atomic mass is 9.44. The monoisotopic (exact) mass is 334 g/mol. The summed E-state index contributed by atoms with van der Waals surface area (Å²) in [4.78, 5) is 11.3. The summed E-state index contributed by atoms with van der Waals surface area (Å²) in [7, 11) is 0. The third kappa shape index (κ3) is 2.45. The molecule has 4 aliphatic rings. The van der Waals surface area contributed by atoms with Crippen molar-refractivity contribution in [2.24, 2.45) is 34.5 Å². The molecule has 24 heavy (non-hydrogen) atoms. The highest BCUT2D eigenvalue weighted by Gasteiger charge is 2.60. The average Bonchev–Trinajstić information content (AvgIpc) is 2.90. The Kier molecular flexibility index (Phi) is 4.02. The van der Waals surface area contributed by atoms with E-state index in [2.05, 4.69) is 13.8 Å². The number of aliphatic hydroxyl groups is 1. The maximum absolute atomic E-state index is 11.3. The van der Waals surface area contributed by atoms with E-state index in [-0.39, 0.29) is 18.2 Å². The molecule has 1 N–H and O–H groups in total. The number of rotatable bonds is 1. The highest BCUT2D eigenvalue weighted by atomic mass is 16.5. The Hall–Kier alpha value is -0.570. The van der Waals surface area contributed by atoms with Crippen molar-refractivity contribution >= 4 is 5.97 Å². The molecule has 4 saturated carbocycles. The van der Waals surface area contributed by atoms with E-state index in [0.29, 0.717) is 28.6 Å². The SMILES string of the molecule is CC(=O)O[C@@H]1CC[C@@]2(C)[C@H](C1)C[C@@H](O)[C@@H]1[C@H]3CCC[C@@]3(C)CC[C@H]12. The van der Waals surface area contributed by atoms with Gasteiger partial charge in [0.05, 0.1) is 6.10 Å². The molecule has 3 nitrogen and oxygen atoms in total. The van der Waals surface area contributed by atoms with Crippen molar-refractivity contribution in [1.82, 2.24) is 0 Å². The summed E-state index contributed by atoms with van der Waals surface area (Å²) < 4.78 is 5.52. The molecular weight excluding hydrogens is 300 g/mol. The second kappa shape index (κ2) is 5.72. The van der Waals surface area contributed by atoms with Crippen molar-refractivity contribution in [2.75, 3.05) is 0 Å². The normalized spacial score (nSPS) is 53.7. The second-order valence-electron chi connectivity index (χ2n) is 9.89. The van der Waals surface area contributed by atoms with Gasteiger partial charge in [0.25, 0.3) is 0 Å². The number of fused-ring (bicyclic) bond motifs is 5. The molecule has 0 saturated heterocycles. The van der Waals surface area contributed by atoms with E-state index >= 15 is 0 Å². The van der Waals surface area contributed by atoms with Crippen molar-refractivity contribution in [3.05, 3.63) is 0 Å². The largest absolute Gasteiger partial charge is 0.463 e. The standard InChI is InChI=1S/C21H34O3/c1-13(22)24-15-6-10-21(3)14(11-15)12-18(23)19-16-5-4-8-20(16,2)9-7-17(19)21/h14-19,23H,4-12H2,1-3H3/t14-,15-,16-,17-,18-,19-,20+,21+/m1/s1. The molecule has 3 heteroatoms. The van der Waals surface area contributed by atoms with Crippen molar-refractivity contribution in [2.45, 2.75) is 90.8 Å². The molecule has 0 aliphatic heterocycles. The van der Waals surface area contributed by atoms with Gasteiger partial charge < -0.3 is 9.84 Å². The number of carbonyl (C=O) groups excluding carboxylic acids is 1. The van der Waals surface area contributed by atoms with Gasteiger partial charge in [-0.2, -0.15) is 0 Å². The molecule has 0 radical (unpaired) electrons. The zero-order valence-corrected chi connectivity index (χ0v) is 15.6. The predicted octanol–water partition coefficient (Wildman–Crippen LogP) is 4.32. The molecule has 0 heterocycles. The topological polar surface area (TPSA) is 46.5 Å². The molecule has 0 aromatic heterocycles. The van der Waals surface area contributed by atoms with Gasteiger partial charge in [-0.3, -0.25) is 4.79 Å². The van der Waals surface area contributed by atoms with Crippen LogP contribution >= 0.6 is 0 Å². The smallest absolute Gasteiger partial charge is 0.302 e. The number of ether oxygens (including phenoxy) is 1. The molecule has 136 valence electrons. The van der Waals surface area contributed by atoms with E-state index in [9.17, 15) is 9.90 Å². The second-order valence-corrected chi connectivity index (χ2v) is 9.89. The first kappa shape index (κ1) is 16.9. The number of aliphatic hydroxyl groups excluding tert-OH is 1. The first-order valence-corrected chi connectivity index (χ1v) is 10.2. The first-order valence-electron chi connectivity index (χ1n) is 10.2. The predicted molar refractivity (Wildman–Crippen MR) is 93.3 cm³/mol. The van der Waals surface area contributed by atoms with Crippen LogP contribution < -0.4 is 0 Å². The Morgan fingerprint density at radius 2 is 1.83 bits per heavy atom. The number of hydrogen-bond donors (Lipinski definition) is 1. The third-order valence-electron chi connectivity index (χ3n) is 8.75. The fraction of sp³-hybridized carbons (Fsp3) is 0.952. The molecule has 0 unspecified atom stereocenters. The third-order valence-corrected chi connectivity index (χ3v) is 8.75. The summed E-state index contributed by atoms with van der Waals surface area (Å²) in [5.41, 5.74) is 0.824. The van der Waals surface area contributed by atoms with E-state index in [1.807, 2.05) is 0 Å². The van der Waals surface area contributed by atoms with Crippen molar-refractivity contribution in [3.63, 3.8) is 0 Å². The quantitative estimate of drug-likeness (QED) is 0.726. The first-order chi connectivity index (χ1) is 11.3.